The van der Waals surface area contributed by atoms with Gasteiger partial charge in [-0.05, 0) is 61.5 Å². The van der Waals surface area contributed by atoms with Crippen LogP contribution in [0.4, 0.5) is 4.39 Å². The van der Waals surface area contributed by atoms with Crippen LogP contribution in [0.3, 0.4) is 0 Å². The van der Waals surface area contributed by atoms with Crippen molar-refractivity contribution in [3.63, 3.8) is 0 Å². The molecule has 1 heteroatoms. The minimum Gasteiger partial charge on any atom is -0.207 e. The van der Waals surface area contributed by atoms with E-state index in [0.29, 0.717) is 5.92 Å². The quantitative estimate of drug-likeness (QED) is 0.702. The summed E-state index contributed by atoms with van der Waals surface area (Å²) >= 11 is 0. The number of hydrogen-bond donors (Lipinski definition) is 0. The van der Waals surface area contributed by atoms with Crippen LogP contribution in [0.15, 0.2) is 24.3 Å². The van der Waals surface area contributed by atoms with E-state index in [0.717, 1.165) is 23.8 Å². The highest BCUT2D eigenvalue weighted by Crippen LogP contribution is 2.34. The Morgan fingerprint density at radius 3 is 2.35 bits per heavy atom. The summed E-state index contributed by atoms with van der Waals surface area (Å²) in [6.45, 7) is 4.64. The van der Waals surface area contributed by atoms with Gasteiger partial charge in [0, 0.05) is 0 Å². The van der Waals surface area contributed by atoms with Gasteiger partial charge in [-0.15, -0.1) is 0 Å². The van der Waals surface area contributed by atoms with E-state index in [2.05, 4.69) is 13.8 Å². The molecule has 0 nitrogen and oxygen atoms in total. The van der Waals surface area contributed by atoms with Crippen LogP contribution in [0.2, 0.25) is 0 Å². The van der Waals surface area contributed by atoms with Crippen LogP contribution >= 0.6 is 0 Å². The predicted molar refractivity (Wildman–Crippen MR) is 70.4 cm³/mol. The second-order valence-corrected chi connectivity index (χ2v) is 5.82. The summed E-state index contributed by atoms with van der Waals surface area (Å²) in [6.07, 6.45) is 6.14. The van der Waals surface area contributed by atoms with Gasteiger partial charge in [0.15, 0.2) is 0 Å². The molecule has 0 N–H and O–H groups in total. The fourth-order valence-electron chi connectivity index (χ4n) is 3.03. The van der Waals surface area contributed by atoms with Crippen molar-refractivity contribution in [2.75, 3.05) is 0 Å². The molecular weight excluding hydrogens is 211 g/mol. The average molecular weight is 234 g/mol. The topological polar surface area (TPSA) is 0 Å². The molecule has 0 aromatic heterocycles. The van der Waals surface area contributed by atoms with E-state index < -0.39 is 0 Å². The Balaban J connectivity index is 1.88. The molecule has 0 aliphatic heterocycles. The van der Waals surface area contributed by atoms with E-state index in [-0.39, 0.29) is 5.82 Å². The second kappa shape index (κ2) is 5.66. The Morgan fingerprint density at radius 2 is 1.76 bits per heavy atom. The van der Waals surface area contributed by atoms with Crippen molar-refractivity contribution in [3.05, 3.63) is 35.6 Å². The number of hydrogen-bond acceptors (Lipinski definition) is 0. The zero-order valence-electron chi connectivity index (χ0n) is 11.0. The SMILES string of the molecule is CC(C)C1CCC(Cc2ccccc2F)CC1. The molecule has 1 aliphatic carbocycles. The highest BCUT2D eigenvalue weighted by molar-refractivity contribution is 5.17. The predicted octanol–water partition coefficient (Wildman–Crippen LogP) is 4.83. The Labute approximate surface area is 104 Å². The van der Waals surface area contributed by atoms with Crippen LogP contribution < -0.4 is 0 Å². The maximum Gasteiger partial charge on any atom is 0.126 e. The molecule has 1 aliphatic rings. The van der Waals surface area contributed by atoms with Gasteiger partial charge >= 0.3 is 0 Å². The molecule has 1 fully saturated rings. The molecule has 0 unspecified atom stereocenters. The number of halogens is 1. The van der Waals surface area contributed by atoms with Crippen molar-refractivity contribution in [2.24, 2.45) is 17.8 Å². The van der Waals surface area contributed by atoms with Gasteiger partial charge in [0.1, 0.15) is 5.82 Å². The van der Waals surface area contributed by atoms with Crippen molar-refractivity contribution in [1.29, 1.82) is 0 Å². The lowest BCUT2D eigenvalue weighted by atomic mass is 9.75. The zero-order chi connectivity index (χ0) is 12.3. The number of rotatable bonds is 3. The molecule has 0 saturated heterocycles. The van der Waals surface area contributed by atoms with Crippen molar-refractivity contribution in [1.82, 2.24) is 0 Å². The molecule has 94 valence electrons. The van der Waals surface area contributed by atoms with E-state index in [1.807, 2.05) is 12.1 Å². The summed E-state index contributed by atoms with van der Waals surface area (Å²) in [5, 5.41) is 0. The first kappa shape index (κ1) is 12.6. The summed E-state index contributed by atoms with van der Waals surface area (Å²) < 4.78 is 13.5. The molecule has 1 saturated carbocycles. The minimum atomic E-state index is -0.0292. The summed E-state index contributed by atoms with van der Waals surface area (Å²) in [5.74, 6) is 2.37. The van der Waals surface area contributed by atoms with Crippen LogP contribution in [0.25, 0.3) is 0 Å². The third-order valence-corrected chi connectivity index (χ3v) is 4.30. The first-order valence-corrected chi connectivity index (χ1v) is 6.90. The van der Waals surface area contributed by atoms with Gasteiger partial charge in [-0.25, -0.2) is 4.39 Å². The first-order chi connectivity index (χ1) is 8.16. The third-order valence-electron chi connectivity index (χ3n) is 4.30. The van der Waals surface area contributed by atoms with E-state index in [1.165, 1.54) is 25.7 Å². The van der Waals surface area contributed by atoms with Crippen molar-refractivity contribution in [2.45, 2.75) is 46.0 Å². The average Bonchev–Trinajstić information content (AvgIpc) is 2.33. The Kier molecular flexibility index (Phi) is 4.20. The molecule has 0 spiro atoms. The van der Waals surface area contributed by atoms with Gasteiger partial charge in [-0.3, -0.25) is 0 Å². The van der Waals surface area contributed by atoms with Crippen LogP contribution in [0.1, 0.15) is 45.1 Å². The molecule has 0 bridgehead atoms. The molecule has 17 heavy (non-hydrogen) atoms. The fourth-order valence-corrected chi connectivity index (χ4v) is 3.03. The molecule has 0 heterocycles. The van der Waals surface area contributed by atoms with E-state index in [9.17, 15) is 4.39 Å². The maximum atomic E-state index is 13.5. The Hall–Kier alpha value is -0.850. The highest BCUT2D eigenvalue weighted by Gasteiger charge is 2.23. The van der Waals surface area contributed by atoms with Crippen LogP contribution in [-0.4, -0.2) is 0 Å². The third kappa shape index (κ3) is 3.31. The van der Waals surface area contributed by atoms with Crippen LogP contribution in [0, 0.1) is 23.6 Å². The lowest BCUT2D eigenvalue weighted by Gasteiger charge is -2.31. The second-order valence-electron chi connectivity index (χ2n) is 5.82. The standard InChI is InChI=1S/C16H23F/c1-12(2)14-9-7-13(8-10-14)11-15-5-3-4-6-16(15)17/h3-6,12-14H,7-11H2,1-2H3. The summed E-state index contributed by atoms with van der Waals surface area (Å²) in [6, 6.07) is 7.23. The highest BCUT2D eigenvalue weighted by atomic mass is 19.1. The van der Waals surface area contributed by atoms with Gasteiger partial charge in [0.25, 0.3) is 0 Å². The van der Waals surface area contributed by atoms with Crippen LogP contribution in [-0.2, 0) is 6.42 Å². The largest absolute Gasteiger partial charge is 0.207 e. The van der Waals surface area contributed by atoms with Crippen molar-refractivity contribution >= 4 is 0 Å². The molecule has 0 radical (unpaired) electrons. The lowest BCUT2D eigenvalue weighted by molar-refractivity contribution is 0.222. The first-order valence-electron chi connectivity index (χ1n) is 6.90. The van der Waals surface area contributed by atoms with Gasteiger partial charge in [-0.2, -0.15) is 0 Å². The molecule has 1 aromatic rings. The molecular formula is C16H23F. The minimum absolute atomic E-state index is 0.0292. The zero-order valence-corrected chi connectivity index (χ0v) is 11.0. The molecule has 0 atom stereocenters. The summed E-state index contributed by atoms with van der Waals surface area (Å²) in [4.78, 5) is 0. The monoisotopic (exact) mass is 234 g/mol. The normalized spacial score (nSPS) is 25.2. The summed E-state index contributed by atoms with van der Waals surface area (Å²) in [7, 11) is 0. The Bertz CT molecular complexity index is 348. The smallest absolute Gasteiger partial charge is 0.126 e. The van der Waals surface area contributed by atoms with Crippen LogP contribution in [0.5, 0.6) is 0 Å². The van der Waals surface area contributed by atoms with Crippen molar-refractivity contribution in [3.8, 4) is 0 Å². The molecule has 1 aromatic carbocycles. The van der Waals surface area contributed by atoms with Crippen molar-refractivity contribution < 1.29 is 4.39 Å². The molecule has 2 rings (SSSR count). The summed E-state index contributed by atoms with van der Waals surface area (Å²) in [5.41, 5.74) is 0.903. The van der Waals surface area contributed by atoms with Gasteiger partial charge in [0.05, 0.1) is 0 Å². The van der Waals surface area contributed by atoms with Gasteiger partial charge in [-0.1, -0.05) is 32.0 Å². The fraction of sp³-hybridized carbons (Fsp3) is 0.625. The van der Waals surface area contributed by atoms with E-state index in [1.54, 1.807) is 12.1 Å². The maximum absolute atomic E-state index is 13.5. The van der Waals surface area contributed by atoms with Gasteiger partial charge in [0.2, 0.25) is 0 Å². The van der Waals surface area contributed by atoms with Gasteiger partial charge < -0.3 is 0 Å². The number of benzene rings is 1. The molecule has 0 amide bonds. The van der Waals surface area contributed by atoms with E-state index in [4.69, 9.17) is 0 Å². The lowest BCUT2D eigenvalue weighted by Crippen LogP contribution is -2.20. The van der Waals surface area contributed by atoms with E-state index >= 15 is 0 Å². The Morgan fingerprint density at radius 1 is 1.12 bits per heavy atom.